The van der Waals surface area contributed by atoms with Gasteiger partial charge in [-0.05, 0) is 43.7 Å². The molecule has 2 atom stereocenters. The zero-order chi connectivity index (χ0) is 13.2. The zero-order valence-electron chi connectivity index (χ0n) is 11.3. The van der Waals surface area contributed by atoms with E-state index in [9.17, 15) is 4.79 Å². The lowest BCUT2D eigenvalue weighted by Gasteiger charge is -2.44. The number of rotatable bonds is 1. The first-order valence-corrected chi connectivity index (χ1v) is 7.43. The number of nitrogens with two attached hydrogens (primary N) is 1. The molecule has 0 radical (unpaired) electrons. The summed E-state index contributed by atoms with van der Waals surface area (Å²) in [5.41, 5.74) is 7.23. The molecule has 0 bridgehead atoms. The van der Waals surface area contributed by atoms with Crippen LogP contribution in [0.5, 0.6) is 0 Å². The van der Waals surface area contributed by atoms with Crippen LogP contribution < -0.4 is 5.73 Å². The number of nitrogen functional groups attached to an aromatic ring is 1. The van der Waals surface area contributed by atoms with Crippen molar-refractivity contribution in [2.24, 2.45) is 5.92 Å². The number of likely N-dealkylation sites (tertiary alicyclic amines) is 1. The molecule has 1 amide bonds. The number of anilines is 1. The van der Waals surface area contributed by atoms with Crippen molar-refractivity contribution in [1.29, 1.82) is 0 Å². The molecule has 1 aromatic rings. The van der Waals surface area contributed by atoms with Crippen molar-refractivity contribution in [3.05, 3.63) is 29.8 Å². The minimum Gasteiger partial charge on any atom is -0.398 e. The molecule has 2 aliphatic rings. The number of benzene rings is 1. The van der Waals surface area contributed by atoms with Crippen LogP contribution in [0, 0.1) is 5.92 Å². The number of fused-ring (bicyclic) bond motifs is 1. The molecule has 1 aliphatic heterocycles. The molecule has 2 fully saturated rings. The van der Waals surface area contributed by atoms with Crippen molar-refractivity contribution < 1.29 is 4.79 Å². The van der Waals surface area contributed by atoms with E-state index in [4.69, 9.17) is 5.73 Å². The van der Waals surface area contributed by atoms with Gasteiger partial charge in [-0.3, -0.25) is 4.79 Å². The molecule has 1 heterocycles. The van der Waals surface area contributed by atoms with Crippen LogP contribution in [-0.4, -0.2) is 23.4 Å². The predicted molar refractivity (Wildman–Crippen MR) is 76.9 cm³/mol. The van der Waals surface area contributed by atoms with Gasteiger partial charge in [0.2, 0.25) is 0 Å². The van der Waals surface area contributed by atoms with Gasteiger partial charge in [0, 0.05) is 18.3 Å². The summed E-state index contributed by atoms with van der Waals surface area (Å²) in [4.78, 5) is 14.8. The summed E-state index contributed by atoms with van der Waals surface area (Å²) in [7, 11) is 0. The molecule has 1 saturated carbocycles. The summed E-state index contributed by atoms with van der Waals surface area (Å²) in [5.74, 6) is 0.853. The molecular weight excluding hydrogens is 236 g/mol. The maximum atomic E-state index is 12.7. The van der Waals surface area contributed by atoms with Gasteiger partial charge in [0.25, 0.3) is 5.91 Å². The topological polar surface area (TPSA) is 46.3 Å². The van der Waals surface area contributed by atoms with Crippen molar-refractivity contribution in [1.82, 2.24) is 4.90 Å². The van der Waals surface area contributed by atoms with Crippen molar-refractivity contribution in [2.45, 2.75) is 44.6 Å². The van der Waals surface area contributed by atoms with Gasteiger partial charge in [0.05, 0.1) is 5.56 Å². The van der Waals surface area contributed by atoms with Crippen LogP contribution >= 0.6 is 0 Å². The van der Waals surface area contributed by atoms with E-state index in [1.54, 1.807) is 0 Å². The van der Waals surface area contributed by atoms with E-state index in [2.05, 4.69) is 4.90 Å². The third-order valence-corrected chi connectivity index (χ3v) is 4.70. The van der Waals surface area contributed by atoms with Crippen LogP contribution in [0.15, 0.2) is 24.3 Å². The molecule has 2 unspecified atom stereocenters. The molecule has 3 heteroatoms. The Balaban J connectivity index is 1.84. The van der Waals surface area contributed by atoms with E-state index in [-0.39, 0.29) is 5.91 Å². The number of para-hydroxylation sites is 1. The Bertz CT molecular complexity index is 470. The second-order valence-electron chi connectivity index (χ2n) is 5.84. The largest absolute Gasteiger partial charge is 0.398 e. The first kappa shape index (κ1) is 12.5. The molecule has 3 rings (SSSR count). The second kappa shape index (κ2) is 5.24. The third kappa shape index (κ3) is 2.34. The summed E-state index contributed by atoms with van der Waals surface area (Å²) in [6.07, 6.45) is 7.48. The summed E-state index contributed by atoms with van der Waals surface area (Å²) in [6.45, 7) is 0.897. The van der Waals surface area contributed by atoms with Crippen molar-refractivity contribution >= 4 is 11.6 Å². The summed E-state index contributed by atoms with van der Waals surface area (Å²) in [5, 5.41) is 0. The number of piperidine rings is 1. The lowest BCUT2D eigenvalue weighted by molar-refractivity contribution is 0.0391. The number of nitrogens with zero attached hydrogens (tertiary/aromatic N) is 1. The van der Waals surface area contributed by atoms with Crippen LogP contribution in [0.2, 0.25) is 0 Å². The quantitative estimate of drug-likeness (QED) is 0.787. The molecule has 1 aromatic carbocycles. The van der Waals surface area contributed by atoms with E-state index < -0.39 is 0 Å². The first-order valence-electron chi connectivity index (χ1n) is 7.43. The SMILES string of the molecule is Nc1ccccc1C(=O)N1CCCC2CCCCC21. The van der Waals surface area contributed by atoms with Crippen molar-refractivity contribution in [3.63, 3.8) is 0 Å². The predicted octanol–water partition coefficient (Wildman–Crippen LogP) is 3.06. The van der Waals surface area contributed by atoms with E-state index in [0.717, 1.165) is 18.9 Å². The molecule has 0 aromatic heterocycles. The highest BCUT2D eigenvalue weighted by Crippen LogP contribution is 2.36. The Morgan fingerprint density at radius 3 is 2.68 bits per heavy atom. The third-order valence-electron chi connectivity index (χ3n) is 4.70. The van der Waals surface area contributed by atoms with Crippen LogP contribution in [0.4, 0.5) is 5.69 Å². The average molecular weight is 258 g/mol. The monoisotopic (exact) mass is 258 g/mol. The first-order chi connectivity index (χ1) is 9.27. The highest BCUT2D eigenvalue weighted by Gasteiger charge is 2.36. The average Bonchev–Trinajstić information content (AvgIpc) is 2.46. The molecule has 102 valence electrons. The van der Waals surface area contributed by atoms with Gasteiger partial charge in [-0.15, -0.1) is 0 Å². The molecule has 3 nitrogen and oxygen atoms in total. The number of hydrogen-bond donors (Lipinski definition) is 1. The molecule has 2 N–H and O–H groups in total. The van der Waals surface area contributed by atoms with Crippen molar-refractivity contribution in [2.75, 3.05) is 12.3 Å². The van der Waals surface area contributed by atoms with E-state index in [1.807, 2.05) is 24.3 Å². The van der Waals surface area contributed by atoms with Crippen LogP contribution in [0.25, 0.3) is 0 Å². The van der Waals surface area contributed by atoms with Crippen LogP contribution in [0.1, 0.15) is 48.9 Å². The van der Waals surface area contributed by atoms with Gasteiger partial charge < -0.3 is 10.6 Å². The Kier molecular flexibility index (Phi) is 3.45. The second-order valence-corrected chi connectivity index (χ2v) is 5.84. The Morgan fingerprint density at radius 1 is 1.11 bits per heavy atom. The highest BCUT2D eigenvalue weighted by molar-refractivity contribution is 5.99. The smallest absolute Gasteiger partial charge is 0.256 e. The fourth-order valence-corrected chi connectivity index (χ4v) is 3.72. The Labute approximate surface area is 114 Å². The van der Waals surface area contributed by atoms with Gasteiger partial charge in [-0.2, -0.15) is 0 Å². The lowest BCUT2D eigenvalue weighted by Crippen LogP contribution is -2.49. The summed E-state index contributed by atoms with van der Waals surface area (Å²) in [6, 6.07) is 7.90. The molecule has 0 spiro atoms. The maximum absolute atomic E-state index is 12.7. The molecular formula is C16H22N2O. The minimum absolute atomic E-state index is 0.134. The normalized spacial score (nSPS) is 26.8. The van der Waals surface area contributed by atoms with Crippen LogP contribution in [-0.2, 0) is 0 Å². The Hall–Kier alpha value is -1.51. The highest BCUT2D eigenvalue weighted by atomic mass is 16.2. The van der Waals surface area contributed by atoms with Crippen molar-refractivity contribution in [3.8, 4) is 0 Å². The maximum Gasteiger partial charge on any atom is 0.256 e. The summed E-state index contributed by atoms with van der Waals surface area (Å²) >= 11 is 0. The fourth-order valence-electron chi connectivity index (χ4n) is 3.72. The molecule has 1 aliphatic carbocycles. The molecule has 1 saturated heterocycles. The van der Waals surface area contributed by atoms with E-state index >= 15 is 0 Å². The van der Waals surface area contributed by atoms with Gasteiger partial charge >= 0.3 is 0 Å². The number of hydrogen-bond acceptors (Lipinski definition) is 2. The lowest BCUT2D eigenvalue weighted by atomic mass is 9.78. The van der Waals surface area contributed by atoms with Gasteiger partial charge in [-0.1, -0.05) is 25.0 Å². The van der Waals surface area contributed by atoms with E-state index in [0.29, 0.717) is 17.3 Å². The number of carbonyl (C=O) groups excluding carboxylic acids is 1. The van der Waals surface area contributed by atoms with Gasteiger partial charge in [-0.25, -0.2) is 0 Å². The fraction of sp³-hybridized carbons (Fsp3) is 0.562. The van der Waals surface area contributed by atoms with Gasteiger partial charge in [0.15, 0.2) is 0 Å². The Morgan fingerprint density at radius 2 is 1.84 bits per heavy atom. The standard InChI is InChI=1S/C16H22N2O/c17-14-9-3-2-8-13(14)16(19)18-11-5-7-12-6-1-4-10-15(12)18/h2-3,8-9,12,15H,1,4-7,10-11,17H2. The zero-order valence-corrected chi connectivity index (χ0v) is 11.3. The van der Waals surface area contributed by atoms with Gasteiger partial charge in [0.1, 0.15) is 0 Å². The number of amides is 1. The number of carbonyl (C=O) groups is 1. The minimum atomic E-state index is 0.134. The van der Waals surface area contributed by atoms with Crippen LogP contribution in [0.3, 0.4) is 0 Å². The summed E-state index contributed by atoms with van der Waals surface area (Å²) < 4.78 is 0. The molecule has 19 heavy (non-hydrogen) atoms. The van der Waals surface area contributed by atoms with E-state index in [1.165, 1.54) is 32.1 Å².